The van der Waals surface area contributed by atoms with Crippen LogP contribution < -0.4 is 5.01 Å². The molecule has 1 aromatic carbocycles. The van der Waals surface area contributed by atoms with Crippen LogP contribution in [0.15, 0.2) is 29.4 Å². The van der Waals surface area contributed by atoms with Crippen LogP contribution in [-0.2, 0) is 4.79 Å². The van der Waals surface area contributed by atoms with Gasteiger partial charge < -0.3 is 0 Å². The Kier molecular flexibility index (Phi) is 3.27. The van der Waals surface area contributed by atoms with Gasteiger partial charge in [-0.25, -0.2) is 5.01 Å². The molecular formula is C14H18N2O. The zero-order valence-corrected chi connectivity index (χ0v) is 10.6. The highest BCUT2D eigenvalue weighted by Crippen LogP contribution is 2.23. The van der Waals surface area contributed by atoms with Gasteiger partial charge in [-0.05, 0) is 37.0 Å². The summed E-state index contributed by atoms with van der Waals surface area (Å²) in [6, 6.07) is 8.06. The number of hydrogen-bond donors (Lipinski definition) is 0. The van der Waals surface area contributed by atoms with Crippen LogP contribution >= 0.6 is 0 Å². The van der Waals surface area contributed by atoms with Crippen LogP contribution in [0.2, 0.25) is 0 Å². The van der Waals surface area contributed by atoms with Gasteiger partial charge in [0.05, 0.1) is 5.69 Å². The van der Waals surface area contributed by atoms with E-state index in [-0.39, 0.29) is 5.91 Å². The molecule has 0 bridgehead atoms. The van der Waals surface area contributed by atoms with Crippen molar-refractivity contribution in [3.05, 3.63) is 29.8 Å². The van der Waals surface area contributed by atoms with Gasteiger partial charge in [0.1, 0.15) is 0 Å². The molecule has 0 saturated heterocycles. The summed E-state index contributed by atoms with van der Waals surface area (Å²) in [5.74, 6) is 0.583. The number of hydrazone groups is 1. The molecule has 0 fully saturated rings. The third-order valence-corrected chi connectivity index (χ3v) is 3.01. The third-order valence-electron chi connectivity index (χ3n) is 3.01. The molecule has 1 amide bonds. The van der Waals surface area contributed by atoms with Crippen LogP contribution in [0.3, 0.4) is 0 Å². The second-order valence-corrected chi connectivity index (χ2v) is 4.79. The summed E-state index contributed by atoms with van der Waals surface area (Å²) < 4.78 is 0. The lowest BCUT2D eigenvalue weighted by molar-refractivity contribution is -0.118. The van der Waals surface area contributed by atoms with Crippen molar-refractivity contribution in [3.63, 3.8) is 0 Å². The van der Waals surface area contributed by atoms with Crippen molar-refractivity contribution in [1.82, 2.24) is 0 Å². The Morgan fingerprint density at radius 2 is 1.82 bits per heavy atom. The third kappa shape index (κ3) is 2.54. The van der Waals surface area contributed by atoms with Crippen molar-refractivity contribution in [2.24, 2.45) is 5.10 Å². The van der Waals surface area contributed by atoms with Gasteiger partial charge >= 0.3 is 0 Å². The van der Waals surface area contributed by atoms with E-state index in [2.05, 4.69) is 31.1 Å². The van der Waals surface area contributed by atoms with Crippen molar-refractivity contribution >= 4 is 17.3 Å². The molecule has 0 radical (unpaired) electrons. The lowest BCUT2D eigenvalue weighted by Gasteiger charge is -2.22. The molecule has 1 aliphatic rings. The molecule has 2 rings (SSSR count). The first-order chi connectivity index (χ1) is 8.08. The van der Waals surface area contributed by atoms with Crippen LogP contribution in [0, 0.1) is 0 Å². The Balaban J connectivity index is 2.27. The molecule has 0 spiro atoms. The van der Waals surface area contributed by atoms with Crippen LogP contribution in [0.5, 0.6) is 0 Å². The lowest BCUT2D eigenvalue weighted by Crippen LogP contribution is -2.30. The Bertz CT molecular complexity index is 446. The van der Waals surface area contributed by atoms with E-state index in [4.69, 9.17) is 0 Å². The smallest absolute Gasteiger partial charge is 0.247 e. The van der Waals surface area contributed by atoms with E-state index in [0.29, 0.717) is 12.3 Å². The highest BCUT2D eigenvalue weighted by molar-refractivity contribution is 6.01. The highest BCUT2D eigenvalue weighted by atomic mass is 16.2. The average molecular weight is 230 g/mol. The molecule has 1 aromatic rings. The molecule has 17 heavy (non-hydrogen) atoms. The molecular weight excluding hydrogens is 212 g/mol. The SMILES string of the molecule is CC1=NN(c2ccc(C(C)C)cc2)C(=O)CC1. The van der Waals surface area contributed by atoms with Crippen molar-refractivity contribution in [3.8, 4) is 0 Å². The Morgan fingerprint density at radius 3 is 2.41 bits per heavy atom. The van der Waals surface area contributed by atoms with Gasteiger partial charge in [0.15, 0.2) is 0 Å². The molecule has 1 heterocycles. The Morgan fingerprint density at radius 1 is 1.18 bits per heavy atom. The largest absolute Gasteiger partial charge is 0.273 e. The normalized spacial score (nSPS) is 16.4. The summed E-state index contributed by atoms with van der Waals surface area (Å²) >= 11 is 0. The molecule has 3 heteroatoms. The highest BCUT2D eigenvalue weighted by Gasteiger charge is 2.19. The van der Waals surface area contributed by atoms with E-state index in [0.717, 1.165) is 17.8 Å². The number of amides is 1. The fourth-order valence-corrected chi connectivity index (χ4v) is 1.87. The van der Waals surface area contributed by atoms with Gasteiger partial charge in [-0.3, -0.25) is 4.79 Å². The number of anilines is 1. The first-order valence-electron chi connectivity index (χ1n) is 6.05. The molecule has 0 unspecified atom stereocenters. The summed E-state index contributed by atoms with van der Waals surface area (Å²) in [6.45, 7) is 6.27. The summed E-state index contributed by atoms with van der Waals surface area (Å²) in [5, 5.41) is 5.83. The zero-order valence-electron chi connectivity index (χ0n) is 10.6. The molecule has 90 valence electrons. The van der Waals surface area contributed by atoms with Crippen molar-refractivity contribution < 1.29 is 4.79 Å². The van der Waals surface area contributed by atoms with E-state index >= 15 is 0 Å². The van der Waals surface area contributed by atoms with E-state index in [1.807, 2.05) is 19.1 Å². The molecule has 0 aromatic heterocycles. The first kappa shape index (κ1) is 11.8. The molecule has 0 aliphatic carbocycles. The zero-order chi connectivity index (χ0) is 12.4. The molecule has 0 atom stereocenters. The van der Waals surface area contributed by atoms with Crippen LogP contribution in [0.25, 0.3) is 0 Å². The summed E-state index contributed by atoms with van der Waals surface area (Å²) in [6.07, 6.45) is 1.33. The maximum Gasteiger partial charge on any atom is 0.247 e. The summed E-state index contributed by atoms with van der Waals surface area (Å²) in [7, 11) is 0. The monoisotopic (exact) mass is 230 g/mol. The van der Waals surface area contributed by atoms with E-state index in [1.54, 1.807) is 0 Å². The minimum absolute atomic E-state index is 0.0768. The average Bonchev–Trinajstić information content (AvgIpc) is 2.32. The number of nitrogens with zero attached hydrogens (tertiary/aromatic N) is 2. The molecule has 3 nitrogen and oxygen atoms in total. The second kappa shape index (κ2) is 4.70. The maximum atomic E-state index is 11.8. The quantitative estimate of drug-likeness (QED) is 0.767. The molecule has 0 saturated carbocycles. The fourth-order valence-electron chi connectivity index (χ4n) is 1.87. The van der Waals surface area contributed by atoms with E-state index < -0.39 is 0 Å². The topological polar surface area (TPSA) is 32.7 Å². The van der Waals surface area contributed by atoms with Gasteiger partial charge in [0.2, 0.25) is 5.91 Å². The van der Waals surface area contributed by atoms with Crippen molar-refractivity contribution in [2.75, 3.05) is 5.01 Å². The van der Waals surface area contributed by atoms with Gasteiger partial charge in [-0.15, -0.1) is 0 Å². The fraction of sp³-hybridized carbons (Fsp3) is 0.429. The van der Waals surface area contributed by atoms with Gasteiger partial charge in [0.25, 0.3) is 0 Å². The Hall–Kier alpha value is -1.64. The first-order valence-corrected chi connectivity index (χ1v) is 6.05. The minimum Gasteiger partial charge on any atom is -0.273 e. The standard InChI is InChI=1S/C14H18N2O/c1-10(2)12-5-7-13(8-6-12)16-14(17)9-4-11(3)15-16/h5-8,10H,4,9H2,1-3H3. The summed E-state index contributed by atoms with van der Waals surface area (Å²) in [5.41, 5.74) is 3.15. The van der Waals surface area contributed by atoms with Gasteiger partial charge in [-0.1, -0.05) is 26.0 Å². The van der Waals surface area contributed by atoms with Crippen molar-refractivity contribution in [1.29, 1.82) is 0 Å². The van der Waals surface area contributed by atoms with Gasteiger partial charge in [-0.2, -0.15) is 5.10 Å². The van der Waals surface area contributed by atoms with E-state index in [9.17, 15) is 4.79 Å². The predicted octanol–water partition coefficient (Wildman–Crippen LogP) is 3.31. The lowest BCUT2D eigenvalue weighted by atomic mass is 10.0. The van der Waals surface area contributed by atoms with Crippen LogP contribution in [-0.4, -0.2) is 11.6 Å². The van der Waals surface area contributed by atoms with Crippen molar-refractivity contribution in [2.45, 2.75) is 39.5 Å². The minimum atomic E-state index is 0.0768. The predicted molar refractivity (Wildman–Crippen MR) is 70.4 cm³/mol. The number of carbonyl (C=O) groups excluding carboxylic acids is 1. The van der Waals surface area contributed by atoms with E-state index in [1.165, 1.54) is 10.6 Å². The van der Waals surface area contributed by atoms with Crippen LogP contribution in [0.4, 0.5) is 5.69 Å². The van der Waals surface area contributed by atoms with Crippen LogP contribution in [0.1, 0.15) is 45.1 Å². The summed E-state index contributed by atoms with van der Waals surface area (Å²) in [4.78, 5) is 11.8. The molecule has 1 aliphatic heterocycles. The molecule has 0 N–H and O–H groups in total. The number of hydrogen-bond acceptors (Lipinski definition) is 2. The Labute approximate surface area is 102 Å². The van der Waals surface area contributed by atoms with Gasteiger partial charge in [0, 0.05) is 12.1 Å². The number of benzene rings is 1. The second-order valence-electron chi connectivity index (χ2n) is 4.79. The maximum absolute atomic E-state index is 11.8. The number of rotatable bonds is 2. The number of carbonyl (C=O) groups is 1.